The van der Waals surface area contributed by atoms with Gasteiger partial charge in [0.25, 0.3) is 0 Å². The molecular weight excluding hydrogens is 234 g/mol. The van der Waals surface area contributed by atoms with E-state index in [0.29, 0.717) is 5.02 Å². The number of nitrogens with one attached hydrogen (secondary N) is 1. The molecule has 1 N–H and O–H groups in total. The zero-order chi connectivity index (χ0) is 12.1. The number of nitrogens with zero attached hydrogens (tertiary/aromatic N) is 2. The van der Waals surface area contributed by atoms with E-state index in [1.807, 2.05) is 31.3 Å². The van der Waals surface area contributed by atoms with Crippen molar-refractivity contribution in [2.45, 2.75) is 12.5 Å². The summed E-state index contributed by atoms with van der Waals surface area (Å²) in [5, 5.41) is 3.94. The second-order valence-corrected chi connectivity index (χ2v) is 4.18. The summed E-state index contributed by atoms with van der Waals surface area (Å²) in [5.74, 6) is 0. The van der Waals surface area contributed by atoms with Crippen molar-refractivity contribution in [3.63, 3.8) is 0 Å². The van der Waals surface area contributed by atoms with Gasteiger partial charge < -0.3 is 5.32 Å². The Labute approximate surface area is 106 Å². The molecule has 1 atom stereocenters. The second kappa shape index (κ2) is 5.75. The van der Waals surface area contributed by atoms with E-state index in [9.17, 15) is 0 Å². The molecule has 2 heterocycles. The van der Waals surface area contributed by atoms with Crippen LogP contribution >= 0.6 is 11.6 Å². The van der Waals surface area contributed by atoms with Crippen LogP contribution in [0.5, 0.6) is 0 Å². The number of likely N-dealkylation sites (N-methyl/N-ethyl adjacent to an activating group) is 1. The molecule has 0 aliphatic carbocycles. The van der Waals surface area contributed by atoms with Gasteiger partial charge in [-0.1, -0.05) is 11.6 Å². The maximum Gasteiger partial charge on any atom is 0.0762 e. The van der Waals surface area contributed by atoms with E-state index in [2.05, 4.69) is 15.3 Å². The summed E-state index contributed by atoms with van der Waals surface area (Å²) < 4.78 is 0. The van der Waals surface area contributed by atoms with Crippen molar-refractivity contribution in [1.29, 1.82) is 0 Å². The van der Waals surface area contributed by atoms with E-state index in [1.165, 1.54) is 5.56 Å². The van der Waals surface area contributed by atoms with Crippen molar-refractivity contribution in [1.82, 2.24) is 15.3 Å². The van der Waals surface area contributed by atoms with Crippen LogP contribution in [-0.4, -0.2) is 17.0 Å². The van der Waals surface area contributed by atoms with E-state index in [1.54, 1.807) is 18.6 Å². The number of aromatic nitrogens is 2. The molecule has 2 aromatic rings. The summed E-state index contributed by atoms with van der Waals surface area (Å²) in [6.07, 6.45) is 6.19. The lowest BCUT2D eigenvalue weighted by atomic mass is 10.0. The van der Waals surface area contributed by atoms with Crippen LogP contribution in [0.1, 0.15) is 17.3 Å². The van der Waals surface area contributed by atoms with Gasteiger partial charge in [-0.25, -0.2) is 0 Å². The molecule has 0 fully saturated rings. The van der Waals surface area contributed by atoms with Crippen molar-refractivity contribution in [2.75, 3.05) is 7.05 Å². The first kappa shape index (κ1) is 12.0. The summed E-state index contributed by atoms with van der Waals surface area (Å²) in [7, 11) is 1.91. The molecule has 0 saturated carbocycles. The lowest BCUT2D eigenvalue weighted by molar-refractivity contribution is 0.576. The largest absolute Gasteiger partial charge is 0.311 e. The van der Waals surface area contributed by atoms with Gasteiger partial charge in [0.05, 0.1) is 16.8 Å². The Morgan fingerprint density at radius 1 is 1.24 bits per heavy atom. The van der Waals surface area contributed by atoms with E-state index >= 15 is 0 Å². The Morgan fingerprint density at radius 3 is 2.65 bits per heavy atom. The van der Waals surface area contributed by atoms with E-state index in [4.69, 9.17) is 11.6 Å². The van der Waals surface area contributed by atoms with Crippen molar-refractivity contribution < 1.29 is 0 Å². The standard InChI is InChI=1S/C13H14ClN3/c1-15-12(9-10-4-7-16-8-5-10)13-11(14)3-2-6-17-13/h2-8,12,15H,9H2,1H3. The van der Waals surface area contributed by atoms with Crippen LogP contribution in [-0.2, 0) is 6.42 Å². The fraction of sp³-hybridized carbons (Fsp3) is 0.231. The lowest BCUT2D eigenvalue weighted by Gasteiger charge is -2.16. The highest BCUT2D eigenvalue weighted by Gasteiger charge is 2.14. The number of pyridine rings is 2. The van der Waals surface area contributed by atoms with E-state index in [0.717, 1.165) is 12.1 Å². The van der Waals surface area contributed by atoms with Crippen LogP contribution in [0, 0.1) is 0 Å². The molecule has 0 bridgehead atoms. The van der Waals surface area contributed by atoms with Crippen LogP contribution in [0.15, 0.2) is 42.9 Å². The highest BCUT2D eigenvalue weighted by molar-refractivity contribution is 6.31. The molecule has 3 nitrogen and oxygen atoms in total. The third-order valence-electron chi connectivity index (χ3n) is 2.65. The monoisotopic (exact) mass is 247 g/mol. The molecule has 1 unspecified atom stereocenters. The number of halogens is 1. The van der Waals surface area contributed by atoms with Gasteiger partial charge in [0, 0.05) is 18.6 Å². The van der Waals surface area contributed by atoms with Crippen LogP contribution < -0.4 is 5.32 Å². The Hall–Kier alpha value is -1.45. The van der Waals surface area contributed by atoms with Gasteiger partial charge >= 0.3 is 0 Å². The van der Waals surface area contributed by atoms with Crippen LogP contribution in [0.25, 0.3) is 0 Å². The summed E-state index contributed by atoms with van der Waals surface area (Å²) in [6.45, 7) is 0. The van der Waals surface area contributed by atoms with Gasteiger partial charge in [-0.2, -0.15) is 0 Å². The minimum atomic E-state index is 0.117. The average Bonchev–Trinajstić information content (AvgIpc) is 2.38. The molecule has 0 aromatic carbocycles. The first-order valence-corrected chi connectivity index (χ1v) is 5.85. The molecule has 88 valence electrons. The highest BCUT2D eigenvalue weighted by atomic mass is 35.5. The quantitative estimate of drug-likeness (QED) is 0.903. The van der Waals surface area contributed by atoms with Gasteiger partial charge in [-0.15, -0.1) is 0 Å². The van der Waals surface area contributed by atoms with Crippen molar-refractivity contribution >= 4 is 11.6 Å². The zero-order valence-corrected chi connectivity index (χ0v) is 10.4. The maximum absolute atomic E-state index is 6.15. The third kappa shape index (κ3) is 3.02. The Balaban J connectivity index is 2.21. The van der Waals surface area contributed by atoms with Crippen molar-refractivity contribution in [3.05, 3.63) is 59.1 Å². The number of hydrogen-bond acceptors (Lipinski definition) is 3. The van der Waals surface area contributed by atoms with E-state index < -0.39 is 0 Å². The molecule has 0 radical (unpaired) electrons. The smallest absolute Gasteiger partial charge is 0.0762 e. The molecule has 0 amide bonds. The lowest BCUT2D eigenvalue weighted by Crippen LogP contribution is -2.20. The fourth-order valence-electron chi connectivity index (χ4n) is 1.74. The first-order valence-electron chi connectivity index (χ1n) is 5.48. The molecule has 0 aliphatic rings. The average molecular weight is 248 g/mol. The summed E-state index contributed by atoms with van der Waals surface area (Å²) >= 11 is 6.15. The fourth-order valence-corrected chi connectivity index (χ4v) is 2.00. The van der Waals surface area contributed by atoms with Gasteiger partial charge in [0.2, 0.25) is 0 Å². The SMILES string of the molecule is CNC(Cc1ccncc1)c1ncccc1Cl. The summed E-state index contributed by atoms with van der Waals surface area (Å²) in [5.41, 5.74) is 2.09. The zero-order valence-electron chi connectivity index (χ0n) is 9.60. The molecule has 0 aliphatic heterocycles. The van der Waals surface area contributed by atoms with Gasteiger partial charge in [0.15, 0.2) is 0 Å². The summed E-state index contributed by atoms with van der Waals surface area (Å²) in [6, 6.07) is 7.82. The van der Waals surface area contributed by atoms with Crippen LogP contribution in [0.4, 0.5) is 0 Å². The predicted molar refractivity (Wildman–Crippen MR) is 69.0 cm³/mol. The topological polar surface area (TPSA) is 37.8 Å². The summed E-state index contributed by atoms with van der Waals surface area (Å²) in [4.78, 5) is 8.34. The van der Waals surface area contributed by atoms with Gasteiger partial charge in [-0.3, -0.25) is 9.97 Å². The Morgan fingerprint density at radius 2 is 2.00 bits per heavy atom. The number of rotatable bonds is 4. The van der Waals surface area contributed by atoms with Crippen molar-refractivity contribution in [2.24, 2.45) is 0 Å². The number of hydrogen-bond donors (Lipinski definition) is 1. The van der Waals surface area contributed by atoms with Crippen LogP contribution in [0.2, 0.25) is 5.02 Å². The molecular formula is C13H14ClN3. The minimum absolute atomic E-state index is 0.117. The molecule has 0 spiro atoms. The molecule has 17 heavy (non-hydrogen) atoms. The molecule has 4 heteroatoms. The second-order valence-electron chi connectivity index (χ2n) is 3.77. The van der Waals surface area contributed by atoms with E-state index in [-0.39, 0.29) is 6.04 Å². The van der Waals surface area contributed by atoms with Crippen LogP contribution in [0.3, 0.4) is 0 Å². The Kier molecular flexibility index (Phi) is 4.07. The molecule has 2 rings (SSSR count). The van der Waals surface area contributed by atoms with Gasteiger partial charge in [0.1, 0.15) is 0 Å². The molecule has 0 saturated heterocycles. The predicted octanol–water partition coefficient (Wildman–Crippen LogP) is 2.63. The first-order chi connectivity index (χ1) is 8.31. The van der Waals surface area contributed by atoms with Crippen molar-refractivity contribution in [3.8, 4) is 0 Å². The highest BCUT2D eigenvalue weighted by Crippen LogP contribution is 2.22. The Bertz CT molecular complexity index is 473. The van der Waals surface area contributed by atoms with Gasteiger partial charge in [-0.05, 0) is 43.3 Å². The maximum atomic E-state index is 6.15. The third-order valence-corrected chi connectivity index (χ3v) is 2.97. The minimum Gasteiger partial charge on any atom is -0.311 e. The molecule has 2 aromatic heterocycles. The normalized spacial score (nSPS) is 12.4.